The molecule has 0 radical (unpaired) electrons. The highest BCUT2D eigenvalue weighted by Gasteiger charge is 2.14. The molecule has 0 spiro atoms. The first kappa shape index (κ1) is 13.1. The fraction of sp³-hybridized carbons (Fsp3) is 0.182. The number of carboxylic acids is 1. The Morgan fingerprint density at radius 2 is 2.12 bits per heavy atom. The van der Waals surface area contributed by atoms with E-state index in [0.717, 1.165) is 24.3 Å². The molecule has 0 fully saturated rings. The van der Waals surface area contributed by atoms with Crippen molar-refractivity contribution in [2.45, 2.75) is 6.04 Å². The smallest absolute Gasteiger partial charge is 0.328 e. The monoisotopic (exact) mass is 243 g/mol. The highest BCUT2D eigenvalue weighted by atomic mass is 19.1. The van der Waals surface area contributed by atoms with Crippen molar-refractivity contribution in [3.8, 4) is 5.75 Å². The zero-order chi connectivity index (χ0) is 13.0. The molecule has 92 valence electrons. The Balaban J connectivity index is 3.06. The zero-order valence-corrected chi connectivity index (χ0v) is 8.98. The number of nitrogens with two attached hydrogens (primary N) is 1. The van der Waals surface area contributed by atoms with Crippen molar-refractivity contribution in [3.63, 3.8) is 0 Å². The third kappa shape index (κ3) is 3.25. The van der Waals surface area contributed by atoms with Crippen LogP contribution in [0, 0.1) is 11.6 Å². The maximum Gasteiger partial charge on any atom is 0.328 e. The van der Waals surface area contributed by atoms with Crippen LogP contribution in [0.5, 0.6) is 5.75 Å². The van der Waals surface area contributed by atoms with E-state index in [1.54, 1.807) is 0 Å². The number of aliphatic carboxylic acids is 1. The number of ether oxygens (including phenoxy) is 1. The highest BCUT2D eigenvalue weighted by Crippen LogP contribution is 2.24. The molecule has 3 N–H and O–H groups in total. The molecule has 0 aliphatic rings. The van der Waals surface area contributed by atoms with Crippen LogP contribution in [0.2, 0.25) is 0 Å². The van der Waals surface area contributed by atoms with Crippen LogP contribution in [-0.2, 0) is 4.79 Å². The van der Waals surface area contributed by atoms with E-state index < -0.39 is 23.6 Å². The summed E-state index contributed by atoms with van der Waals surface area (Å²) in [4.78, 5) is 10.3. The van der Waals surface area contributed by atoms with E-state index in [2.05, 4.69) is 4.74 Å². The molecule has 1 rings (SSSR count). The normalized spacial score (nSPS) is 12.7. The van der Waals surface area contributed by atoms with Gasteiger partial charge in [-0.3, -0.25) is 0 Å². The van der Waals surface area contributed by atoms with Crippen molar-refractivity contribution in [2.24, 2.45) is 5.73 Å². The summed E-state index contributed by atoms with van der Waals surface area (Å²) in [5.74, 6) is -2.97. The van der Waals surface area contributed by atoms with Crippen LogP contribution in [0.4, 0.5) is 8.78 Å². The maximum absolute atomic E-state index is 13.5. The molecule has 0 heterocycles. The van der Waals surface area contributed by atoms with Gasteiger partial charge in [-0.05, 0) is 6.07 Å². The second-order valence-corrected chi connectivity index (χ2v) is 3.23. The van der Waals surface area contributed by atoms with Gasteiger partial charge in [0.05, 0.1) is 13.2 Å². The number of benzene rings is 1. The molecule has 0 bridgehead atoms. The average molecular weight is 243 g/mol. The molecule has 0 aromatic heterocycles. The van der Waals surface area contributed by atoms with E-state index in [-0.39, 0.29) is 11.3 Å². The van der Waals surface area contributed by atoms with Crippen LogP contribution in [0.1, 0.15) is 11.6 Å². The Labute approximate surface area is 96.3 Å². The minimum Gasteiger partial charge on any atom is -0.494 e. The maximum atomic E-state index is 13.5. The van der Waals surface area contributed by atoms with Crippen molar-refractivity contribution >= 4 is 5.97 Å². The number of hydrogen-bond donors (Lipinski definition) is 2. The highest BCUT2D eigenvalue weighted by molar-refractivity contribution is 5.79. The first-order valence-electron chi connectivity index (χ1n) is 4.65. The van der Waals surface area contributed by atoms with E-state index in [9.17, 15) is 13.6 Å². The molecule has 0 aliphatic heterocycles. The minimum atomic E-state index is -1.21. The molecular weight excluding hydrogens is 232 g/mol. The number of carbonyl (C=O) groups is 1. The van der Waals surface area contributed by atoms with Crippen LogP contribution in [0.3, 0.4) is 0 Å². The predicted molar refractivity (Wildman–Crippen MR) is 56.6 cm³/mol. The van der Waals surface area contributed by atoms with Gasteiger partial charge in [0.2, 0.25) is 0 Å². The van der Waals surface area contributed by atoms with Gasteiger partial charge in [0.1, 0.15) is 5.82 Å². The van der Waals surface area contributed by atoms with Crippen LogP contribution in [0.25, 0.3) is 0 Å². The summed E-state index contributed by atoms with van der Waals surface area (Å²) in [6, 6.07) is 0.705. The molecule has 6 heteroatoms. The van der Waals surface area contributed by atoms with Gasteiger partial charge >= 0.3 is 5.97 Å². The number of hydrogen-bond acceptors (Lipinski definition) is 3. The number of halogens is 2. The Kier molecular flexibility index (Phi) is 4.17. The topological polar surface area (TPSA) is 72.5 Å². The molecule has 1 atom stereocenters. The van der Waals surface area contributed by atoms with Crippen molar-refractivity contribution < 1.29 is 23.4 Å². The molecule has 0 aliphatic carbocycles. The van der Waals surface area contributed by atoms with Gasteiger partial charge in [-0.15, -0.1) is 0 Å². The number of rotatable bonds is 4. The van der Waals surface area contributed by atoms with Crippen molar-refractivity contribution in [1.29, 1.82) is 0 Å². The van der Waals surface area contributed by atoms with E-state index >= 15 is 0 Å². The standard InChI is InChI=1S/C11H11F2NO3/c1-17-10-5-7(12)6(4-8(10)13)9(14)2-3-11(15)16/h2-5,9H,14H2,1H3,(H,15,16)/b3-2+. The van der Waals surface area contributed by atoms with Gasteiger partial charge < -0.3 is 15.6 Å². The first-order valence-corrected chi connectivity index (χ1v) is 4.65. The van der Waals surface area contributed by atoms with E-state index in [0.29, 0.717) is 0 Å². The summed E-state index contributed by atoms with van der Waals surface area (Å²) in [6.45, 7) is 0. The van der Waals surface area contributed by atoms with Crippen LogP contribution >= 0.6 is 0 Å². The van der Waals surface area contributed by atoms with Gasteiger partial charge in [-0.2, -0.15) is 0 Å². The van der Waals surface area contributed by atoms with Crippen molar-refractivity contribution in [1.82, 2.24) is 0 Å². The first-order chi connectivity index (χ1) is 7.95. The summed E-state index contributed by atoms with van der Waals surface area (Å²) in [5, 5.41) is 8.39. The van der Waals surface area contributed by atoms with Crippen LogP contribution in [-0.4, -0.2) is 18.2 Å². The SMILES string of the molecule is COc1cc(F)c(C(N)/C=C/C(=O)O)cc1F. The van der Waals surface area contributed by atoms with Gasteiger partial charge in [-0.25, -0.2) is 13.6 Å². The summed E-state index contributed by atoms with van der Waals surface area (Å²) >= 11 is 0. The number of methoxy groups -OCH3 is 1. The van der Waals surface area contributed by atoms with Crippen molar-refractivity contribution in [3.05, 3.63) is 41.5 Å². The summed E-state index contributed by atoms with van der Waals surface area (Å²) in [6.07, 6.45) is 1.83. The lowest BCUT2D eigenvalue weighted by atomic mass is 10.1. The third-order valence-electron chi connectivity index (χ3n) is 2.08. The fourth-order valence-corrected chi connectivity index (χ4v) is 1.25. The molecule has 1 aromatic rings. The van der Waals surface area contributed by atoms with Crippen molar-refractivity contribution in [2.75, 3.05) is 7.11 Å². The minimum absolute atomic E-state index is 0.138. The quantitative estimate of drug-likeness (QED) is 0.788. The van der Waals surface area contributed by atoms with Gasteiger partial charge in [0.25, 0.3) is 0 Å². The third-order valence-corrected chi connectivity index (χ3v) is 2.08. The van der Waals surface area contributed by atoms with Gasteiger partial charge in [0.15, 0.2) is 11.6 Å². The van der Waals surface area contributed by atoms with E-state index in [1.165, 1.54) is 7.11 Å². The molecule has 0 saturated heterocycles. The molecule has 1 unspecified atom stereocenters. The molecule has 1 aromatic carbocycles. The molecule has 0 saturated carbocycles. The second-order valence-electron chi connectivity index (χ2n) is 3.23. The van der Waals surface area contributed by atoms with Crippen LogP contribution < -0.4 is 10.5 Å². The summed E-state index contributed by atoms with van der Waals surface area (Å²) in [5.41, 5.74) is 5.37. The Hall–Kier alpha value is -1.95. The fourth-order valence-electron chi connectivity index (χ4n) is 1.25. The lowest BCUT2D eigenvalue weighted by Gasteiger charge is -2.10. The predicted octanol–water partition coefficient (Wildman–Crippen LogP) is 1.61. The Morgan fingerprint density at radius 3 is 2.65 bits per heavy atom. The Bertz CT molecular complexity index is 460. The van der Waals surface area contributed by atoms with Gasteiger partial charge in [0, 0.05) is 17.7 Å². The average Bonchev–Trinajstić information content (AvgIpc) is 2.28. The van der Waals surface area contributed by atoms with E-state index in [4.69, 9.17) is 10.8 Å². The number of carboxylic acid groups (broad SMARTS) is 1. The summed E-state index contributed by atoms with van der Waals surface area (Å²) < 4.78 is 31.4. The lowest BCUT2D eigenvalue weighted by molar-refractivity contribution is -0.131. The zero-order valence-electron chi connectivity index (χ0n) is 8.98. The lowest BCUT2D eigenvalue weighted by Crippen LogP contribution is -2.11. The molecule has 17 heavy (non-hydrogen) atoms. The molecular formula is C11H11F2NO3. The second kappa shape index (κ2) is 5.40. The van der Waals surface area contributed by atoms with E-state index in [1.807, 2.05) is 0 Å². The molecule has 4 nitrogen and oxygen atoms in total. The largest absolute Gasteiger partial charge is 0.494 e. The van der Waals surface area contributed by atoms with Crippen LogP contribution in [0.15, 0.2) is 24.3 Å². The summed E-state index contributed by atoms with van der Waals surface area (Å²) in [7, 11) is 1.21. The Morgan fingerprint density at radius 1 is 1.47 bits per heavy atom. The molecule has 0 amide bonds. The van der Waals surface area contributed by atoms with Gasteiger partial charge in [-0.1, -0.05) is 6.08 Å².